The zero-order valence-electron chi connectivity index (χ0n) is 8.56. The predicted octanol–water partition coefficient (Wildman–Crippen LogP) is 1.47. The highest BCUT2D eigenvalue weighted by Gasteiger charge is 2.37. The molecule has 0 aromatic rings. The van der Waals surface area contributed by atoms with Crippen molar-refractivity contribution in [1.82, 2.24) is 5.32 Å². The van der Waals surface area contributed by atoms with E-state index in [0.717, 1.165) is 32.2 Å². The number of carbonyl (C=O) groups excluding carboxylic acids is 1. The Balaban J connectivity index is 2.29. The molecule has 0 amide bonds. The number of esters is 1. The van der Waals surface area contributed by atoms with Gasteiger partial charge in [-0.2, -0.15) is 0 Å². The summed E-state index contributed by atoms with van der Waals surface area (Å²) in [6.07, 6.45) is 4.00. The van der Waals surface area contributed by atoms with E-state index >= 15 is 0 Å². The lowest BCUT2D eigenvalue weighted by Gasteiger charge is -2.21. The van der Waals surface area contributed by atoms with E-state index in [4.69, 9.17) is 4.74 Å². The highest BCUT2D eigenvalue weighted by atomic mass is 16.5. The highest BCUT2D eigenvalue weighted by molar-refractivity contribution is 5.80. The third kappa shape index (κ3) is 2.69. The molecule has 0 aromatic heterocycles. The van der Waals surface area contributed by atoms with Crippen molar-refractivity contribution in [3.8, 4) is 0 Å². The Morgan fingerprint density at radius 2 is 2.38 bits per heavy atom. The normalized spacial score (nSPS) is 27.5. The van der Waals surface area contributed by atoms with Gasteiger partial charge in [0.05, 0.1) is 6.61 Å². The third-order valence-electron chi connectivity index (χ3n) is 2.55. The molecule has 1 atom stereocenters. The number of carbonyl (C=O) groups is 1. The maximum atomic E-state index is 11.6. The minimum atomic E-state index is -0.409. The second-order valence-electron chi connectivity index (χ2n) is 3.85. The van der Waals surface area contributed by atoms with Gasteiger partial charge in [-0.3, -0.25) is 4.79 Å². The molecule has 1 saturated heterocycles. The molecule has 0 saturated carbocycles. The van der Waals surface area contributed by atoms with E-state index in [-0.39, 0.29) is 5.97 Å². The third-order valence-corrected chi connectivity index (χ3v) is 2.55. The second-order valence-corrected chi connectivity index (χ2v) is 3.85. The zero-order chi connectivity index (χ0) is 9.73. The van der Waals surface area contributed by atoms with Gasteiger partial charge < -0.3 is 10.1 Å². The summed E-state index contributed by atoms with van der Waals surface area (Å²) >= 11 is 0. The van der Waals surface area contributed by atoms with E-state index in [0.29, 0.717) is 6.61 Å². The minimum Gasteiger partial charge on any atom is -0.464 e. The van der Waals surface area contributed by atoms with Crippen LogP contribution in [-0.4, -0.2) is 24.7 Å². The van der Waals surface area contributed by atoms with E-state index in [9.17, 15) is 4.79 Å². The van der Waals surface area contributed by atoms with Crippen molar-refractivity contribution < 1.29 is 9.53 Å². The molecule has 1 fully saturated rings. The summed E-state index contributed by atoms with van der Waals surface area (Å²) in [5.74, 6) is -0.0848. The first-order chi connectivity index (χ1) is 6.19. The monoisotopic (exact) mass is 185 g/mol. The molecule has 0 aromatic carbocycles. The van der Waals surface area contributed by atoms with E-state index in [1.54, 1.807) is 0 Å². The van der Waals surface area contributed by atoms with Crippen LogP contribution in [0.25, 0.3) is 0 Å². The van der Waals surface area contributed by atoms with Crippen LogP contribution in [0.1, 0.15) is 39.5 Å². The summed E-state index contributed by atoms with van der Waals surface area (Å²) in [6, 6.07) is 0. The number of rotatable bonds is 4. The van der Waals surface area contributed by atoms with Gasteiger partial charge in [0.1, 0.15) is 5.54 Å². The topological polar surface area (TPSA) is 38.3 Å². The summed E-state index contributed by atoms with van der Waals surface area (Å²) in [5, 5.41) is 3.19. The first-order valence-corrected chi connectivity index (χ1v) is 5.11. The molecule has 1 N–H and O–H groups in total. The second kappa shape index (κ2) is 4.61. The molecule has 1 aliphatic heterocycles. The average molecular weight is 185 g/mol. The van der Waals surface area contributed by atoms with Crippen molar-refractivity contribution in [2.45, 2.75) is 45.1 Å². The average Bonchev–Trinajstić information content (AvgIpc) is 2.54. The summed E-state index contributed by atoms with van der Waals surface area (Å²) in [5.41, 5.74) is -0.409. The Bertz CT molecular complexity index is 174. The Hall–Kier alpha value is -0.570. The van der Waals surface area contributed by atoms with E-state index in [2.05, 4.69) is 12.2 Å². The van der Waals surface area contributed by atoms with Gasteiger partial charge >= 0.3 is 5.97 Å². The smallest absolute Gasteiger partial charge is 0.326 e. The van der Waals surface area contributed by atoms with Crippen molar-refractivity contribution in [3.05, 3.63) is 0 Å². The van der Waals surface area contributed by atoms with Crippen molar-refractivity contribution in [3.63, 3.8) is 0 Å². The fourth-order valence-corrected chi connectivity index (χ4v) is 1.54. The van der Waals surface area contributed by atoms with Crippen LogP contribution in [0.15, 0.2) is 0 Å². The standard InChI is InChI=1S/C10H19NO2/c1-3-4-8-13-9(12)10(2)6-5-7-11-10/h11H,3-8H2,1-2H3/t10-/m0/s1. The fraction of sp³-hybridized carbons (Fsp3) is 0.900. The molecule has 0 unspecified atom stereocenters. The summed E-state index contributed by atoms with van der Waals surface area (Å²) in [6.45, 7) is 5.50. The summed E-state index contributed by atoms with van der Waals surface area (Å²) in [4.78, 5) is 11.6. The van der Waals surface area contributed by atoms with E-state index in [1.165, 1.54) is 0 Å². The molecule has 0 spiro atoms. The Morgan fingerprint density at radius 3 is 2.92 bits per heavy atom. The van der Waals surface area contributed by atoms with Crippen LogP contribution in [0.4, 0.5) is 0 Å². The SMILES string of the molecule is CCCCOC(=O)[C@]1(C)CCCN1. The van der Waals surface area contributed by atoms with Gasteiger partial charge in [0, 0.05) is 0 Å². The Morgan fingerprint density at radius 1 is 1.62 bits per heavy atom. The van der Waals surface area contributed by atoms with E-state index in [1.807, 2.05) is 6.92 Å². The lowest BCUT2D eigenvalue weighted by atomic mass is 10.0. The minimum absolute atomic E-state index is 0.0848. The fourth-order valence-electron chi connectivity index (χ4n) is 1.54. The maximum absolute atomic E-state index is 11.6. The molecule has 1 heterocycles. The van der Waals surface area contributed by atoms with Crippen LogP contribution in [0.3, 0.4) is 0 Å². The van der Waals surface area contributed by atoms with Crippen LogP contribution in [0.2, 0.25) is 0 Å². The highest BCUT2D eigenvalue weighted by Crippen LogP contribution is 2.19. The largest absolute Gasteiger partial charge is 0.464 e. The first-order valence-electron chi connectivity index (χ1n) is 5.11. The van der Waals surface area contributed by atoms with Crippen LogP contribution in [-0.2, 0) is 9.53 Å². The molecule has 13 heavy (non-hydrogen) atoms. The van der Waals surface area contributed by atoms with Gasteiger partial charge in [0.25, 0.3) is 0 Å². The molecule has 1 aliphatic rings. The van der Waals surface area contributed by atoms with Gasteiger partial charge in [-0.15, -0.1) is 0 Å². The van der Waals surface area contributed by atoms with Gasteiger partial charge in [-0.1, -0.05) is 13.3 Å². The molecule has 3 nitrogen and oxygen atoms in total. The number of nitrogens with one attached hydrogen (secondary N) is 1. The first kappa shape index (κ1) is 10.5. The molecule has 0 aliphatic carbocycles. The lowest BCUT2D eigenvalue weighted by Crippen LogP contribution is -2.45. The van der Waals surface area contributed by atoms with Gasteiger partial charge in [-0.25, -0.2) is 0 Å². The molecular formula is C10H19NO2. The van der Waals surface area contributed by atoms with Crippen molar-refractivity contribution >= 4 is 5.97 Å². The van der Waals surface area contributed by atoms with Crippen molar-refractivity contribution in [2.24, 2.45) is 0 Å². The van der Waals surface area contributed by atoms with Crippen LogP contribution < -0.4 is 5.32 Å². The molecule has 3 heteroatoms. The van der Waals surface area contributed by atoms with Gasteiger partial charge in [0.2, 0.25) is 0 Å². The summed E-state index contributed by atoms with van der Waals surface area (Å²) < 4.78 is 5.17. The maximum Gasteiger partial charge on any atom is 0.326 e. The Kier molecular flexibility index (Phi) is 3.72. The van der Waals surface area contributed by atoms with Crippen molar-refractivity contribution in [1.29, 1.82) is 0 Å². The van der Waals surface area contributed by atoms with E-state index < -0.39 is 5.54 Å². The quantitative estimate of drug-likeness (QED) is 0.532. The molecule has 0 bridgehead atoms. The van der Waals surface area contributed by atoms with Crippen molar-refractivity contribution in [2.75, 3.05) is 13.2 Å². The van der Waals surface area contributed by atoms with Gasteiger partial charge in [0.15, 0.2) is 0 Å². The number of hydrogen-bond acceptors (Lipinski definition) is 3. The molecule has 1 rings (SSSR count). The number of unbranched alkanes of at least 4 members (excludes halogenated alkanes) is 1. The summed E-state index contributed by atoms with van der Waals surface area (Å²) in [7, 11) is 0. The van der Waals surface area contributed by atoms with Crippen LogP contribution >= 0.6 is 0 Å². The van der Waals surface area contributed by atoms with Crippen LogP contribution in [0.5, 0.6) is 0 Å². The predicted molar refractivity (Wildman–Crippen MR) is 51.5 cm³/mol. The molecular weight excluding hydrogens is 166 g/mol. The molecule has 0 radical (unpaired) electrons. The van der Waals surface area contributed by atoms with Crippen LogP contribution in [0, 0.1) is 0 Å². The Labute approximate surface area is 79.8 Å². The number of hydrogen-bond donors (Lipinski definition) is 1. The number of ether oxygens (including phenoxy) is 1. The lowest BCUT2D eigenvalue weighted by molar-refractivity contribution is -0.150. The zero-order valence-corrected chi connectivity index (χ0v) is 8.56. The van der Waals surface area contributed by atoms with Gasteiger partial charge in [-0.05, 0) is 32.7 Å². The molecule has 76 valence electrons.